The highest BCUT2D eigenvalue weighted by Gasteiger charge is 2.11. The van der Waals surface area contributed by atoms with Gasteiger partial charge < -0.3 is 9.67 Å². The molecule has 1 heterocycles. The van der Waals surface area contributed by atoms with Crippen LogP contribution in [0.15, 0.2) is 59.4 Å². The Morgan fingerprint density at radius 1 is 1.00 bits per heavy atom. The van der Waals surface area contributed by atoms with Crippen molar-refractivity contribution in [2.75, 3.05) is 6.61 Å². The molecule has 0 aliphatic carbocycles. The van der Waals surface area contributed by atoms with E-state index in [1.54, 1.807) is 4.57 Å². The Balaban J connectivity index is 2.34. The number of aromatic nitrogens is 2. The number of hydrogen-bond acceptors (Lipinski definition) is 3. The summed E-state index contributed by atoms with van der Waals surface area (Å²) in [7, 11) is 0. The second-order valence-electron chi connectivity index (χ2n) is 4.50. The Morgan fingerprint density at radius 3 is 2.45 bits per heavy atom. The van der Waals surface area contributed by atoms with Crippen LogP contribution >= 0.6 is 0 Å². The van der Waals surface area contributed by atoms with E-state index >= 15 is 0 Å². The third-order valence-corrected chi connectivity index (χ3v) is 3.22. The zero-order chi connectivity index (χ0) is 13.9. The van der Waals surface area contributed by atoms with Gasteiger partial charge in [0.05, 0.1) is 17.6 Å². The van der Waals surface area contributed by atoms with E-state index in [0.717, 1.165) is 16.6 Å². The normalized spacial score (nSPS) is 10.8. The van der Waals surface area contributed by atoms with Gasteiger partial charge in [0.1, 0.15) is 5.69 Å². The van der Waals surface area contributed by atoms with E-state index in [1.807, 2.05) is 54.6 Å². The summed E-state index contributed by atoms with van der Waals surface area (Å²) in [5.41, 5.74) is 2.52. The Kier molecular flexibility index (Phi) is 3.31. The molecule has 2 aromatic carbocycles. The summed E-state index contributed by atoms with van der Waals surface area (Å²) in [6.07, 6.45) is 0. The molecule has 1 aromatic heterocycles. The number of para-hydroxylation sites is 2. The molecule has 0 atom stereocenters. The molecular weight excluding hydrogens is 252 g/mol. The zero-order valence-corrected chi connectivity index (χ0v) is 10.9. The molecule has 1 N–H and O–H groups in total. The van der Waals surface area contributed by atoms with Gasteiger partial charge in [0.15, 0.2) is 0 Å². The summed E-state index contributed by atoms with van der Waals surface area (Å²) < 4.78 is 1.57. The molecule has 0 amide bonds. The van der Waals surface area contributed by atoms with Crippen molar-refractivity contribution in [3.8, 4) is 11.3 Å². The van der Waals surface area contributed by atoms with E-state index in [0.29, 0.717) is 5.69 Å². The van der Waals surface area contributed by atoms with Gasteiger partial charge in [-0.25, -0.2) is 4.98 Å². The van der Waals surface area contributed by atoms with Crippen LogP contribution in [0, 0.1) is 0 Å². The van der Waals surface area contributed by atoms with Crippen molar-refractivity contribution in [3.05, 3.63) is 65.0 Å². The van der Waals surface area contributed by atoms with Crippen LogP contribution in [-0.2, 0) is 6.54 Å². The van der Waals surface area contributed by atoms with Crippen LogP contribution in [0.2, 0.25) is 0 Å². The first-order valence-corrected chi connectivity index (χ1v) is 6.47. The number of nitrogens with zero attached hydrogens (tertiary/aromatic N) is 2. The lowest BCUT2D eigenvalue weighted by Gasteiger charge is -2.11. The monoisotopic (exact) mass is 266 g/mol. The Morgan fingerprint density at radius 2 is 1.70 bits per heavy atom. The quantitative estimate of drug-likeness (QED) is 0.789. The van der Waals surface area contributed by atoms with E-state index in [-0.39, 0.29) is 18.7 Å². The van der Waals surface area contributed by atoms with Crippen molar-refractivity contribution in [3.63, 3.8) is 0 Å². The Labute approximate surface area is 116 Å². The number of aliphatic hydroxyl groups is 1. The molecule has 3 rings (SSSR count). The first-order valence-electron chi connectivity index (χ1n) is 6.47. The molecule has 0 unspecified atom stereocenters. The third-order valence-electron chi connectivity index (χ3n) is 3.22. The van der Waals surface area contributed by atoms with Crippen LogP contribution in [0.3, 0.4) is 0 Å². The summed E-state index contributed by atoms with van der Waals surface area (Å²) in [6.45, 7) is 0.184. The zero-order valence-electron chi connectivity index (χ0n) is 10.9. The lowest BCUT2D eigenvalue weighted by Crippen LogP contribution is -2.25. The molecule has 4 nitrogen and oxygen atoms in total. The fourth-order valence-corrected chi connectivity index (χ4v) is 2.30. The minimum Gasteiger partial charge on any atom is -0.395 e. The van der Waals surface area contributed by atoms with Gasteiger partial charge in [0.2, 0.25) is 0 Å². The van der Waals surface area contributed by atoms with Crippen LogP contribution in [0.5, 0.6) is 0 Å². The first kappa shape index (κ1) is 12.6. The van der Waals surface area contributed by atoms with Gasteiger partial charge in [-0.3, -0.25) is 4.79 Å². The van der Waals surface area contributed by atoms with Crippen molar-refractivity contribution in [1.82, 2.24) is 9.55 Å². The van der Waals surface area contributed by atoms with Gasteiger partial charge in [-0.1, -0.05) is 42.5 Å². The molecule has 0 bridgehead atoms. The van der Waals surface area contributed by atoms with Gasteiger partial charge in [-0.15, -0.1) is 0 Å². The smallest absolute Gasteiger partial charge is 0.277 e. The maximum absolute atomic E-state index is 12.6. The highest BCUT2D eigenvalue weighted by Crippen LogP contribution is 2.17. The molecule has 0 spiro atoms. The van der Waals surface area contributed by atoms with Crippen molar-refractivity contribution in [2.24, 2.45) is 0 Å². The summed E-state index contributed by atoms with van der Waals surface area (Å²) in [4.78, 5) is 17.0. The minimum atomic E-state index is -0.177. The van der Waals surface area contributed by atoms with Crippen LogP contribution < -0.4 is 5.56 Å². The molecule has 3 aromatic rings. The maximum atomic E-state index is 12.6. The van der Waals surface area contributed by atoms with Gasteiger partial charge in [-0.2, -0.15) is 0 Å². The minimum absolute atomic E-state index is 0.0812. The molecule has 0 saturated heterocycles. The summed E-state index contributed by atoms with van der Waals surface area (Å²) in [5, 5.41) is 9.18. The van der Waals surface area contributed by atoms with Gasteiger partial charge in [0.25, 0.3) is 5.56 Å². The molecule has 4 heteroatoms. The van der Waals surface area contributed by atoms with Crippen LogP contribution in [0.4, 0.5) is 0 Å². The van der Waals surface area contributed by atoms with E-state index in [4.69, 9.17) is 0 Å². The fraction of sp³-hybridized carbons (Fsp3) is 0.125. The lowest BCUT2D eigenvalue weighted by molar-refractivity contribution is 0.276. The first-order chi connectivity index (χ1) is 9.81. The molecule has 0 radical (unpaired) electrons. The second kappa shape index (κ2) is 5.27. The van der Waals surface area contributed by atoms with E-state index in [2.05, 4.69) is 4.98 Å². The maximum Gasteiger partial charge on any atom is 0.277 e. The molecule has 0 saturated carbocycles. The molecule has 0 aliphatic heterocycles. The second-order valence-corrected chi connectivity index (χ2v) is 4.50. The van der Waals surface area contributed by atoms with E-state index < -0.39 is 0 Å². The number of aliphatic hydroxyl groups excluding tert-OH is 1. The average molecular weight is 266 g/mol. The molecule has 0 aliphatic rings. The fourth-order valence-electron chi connectivity index (χ4n) is 2.30. The van der Waals surface area contributed by atoms with Crippen molar-refractivity contribution < 1.29 is 5.11 Å². The Hall–Kier alpha value is -2.46. The van der Waals surface area contributed by atoms with E-state index in [1.165, 1.54) is 0 Å². The van der Waals surface area contributed by atoms with Gasteiger partial charge in [0, 0.05) is 12.1 Å². The molecule has 100 valence electrons. The topological polar surface area (TPSA) is 55.1 Å². The summed E-state index contributed by atoms with van der Waals surface area (Å²) >= 11 is 0. The SMILES string of the molecule is O=c1c(-c2ccccc2)nc2ccccc2n1CCO. The highest BCUT2D eigenvalue weighted by molar-refractivity contribution is 5.77. The van der Waals surface area contributed by atoms with Gasteiger partial charge in [-0.05, 0) is 12.1 Å². The third kappa shape index (κ3) is 2.10. The molecule has 20 heavy (non-hydrogen) atoms. The van der Waals surface area contributed by atoms with Crippen LogP contribution in [0.1, 0.15) is 0 Å². The largest absolute Gasteiger partial charge is 0.395 e. The lowest BCUT2D eigenvalue weighted by atomic mass is 10.1. The number of hydrogen-bond donors (Lipinski definition) is 1. The number of rotatable bonds is 3. The van der Waals surface area contributed by atoms with Crippen LogP contribution in [0.25, 0.3) is 22.3 Å². The predicted molar refractivity (Wildman–Crippen MR) is 78.5 cm³/mol. The highest BCUT2D eigenvalue weighted by atomic mass is 16.3. The molecular formula is C16H14N2O2. The number of fused-ring (bicyclic) bond motifs is 1. The van der Waals surface area contributed by atoms with Crippen molar-refractivity contribution in [1.29, 1.82) is 0 Å². The Bertz CT molecular complexity index is 794. The number of benzene rings is 2. The van der Waals surface area contributed by atoms with E-state index in [9.17, 15) is 9.90 Å². The van der Waals surface area contributed by atoms with Crippen LogP contribution in [-0.4, -0.2) is 21.3 Å². The average Bonchev–Trinajstić information content (AvgIpc) is 2.51. The van der Waals surface area contributed by atoms with Crippen molar-refractivity contribution >= 4 is 11.0 Å². The molecule has 0 fully saturated rings. The summed E-state index contributed by atoms with van der Waals surface area (Å²) in [5.74, 6) is 0. The summed E-state index contributed by atoms with van der Waals surface area (Å²) in [6, 6.07) is 16.8. The van der Waals surface area contributed by atoms with Crippen molar-refractivity contribution in [2.45, 2.75) is 6.54 Å². The standard InChI is InChI=1S/C16H14N2O2/c19-11-10-18-14-9-5-4-8-13(14)17-15(16(18)20)12-6-2-1-3-7-12/h1-9,19H,10-11H2. The van der Waals surface area contributed by atoms with Gasteiger partial charge >= 0.3 is 0 Å². The predicted octanol–water partition coefficient (Wildman–Crippen LogP) is 2.06.